The number of phenols is 2. The SMILES string of the molecule is COC(=O)c1nn(Cc2ccccc2)c(-c2ccc(O)c(O)c2)c1-c1ccccc1. The van der Waals surface area contributed by atoms with Crippen LogP contribution in [0.4, 0.5) is 0 Å². The van der Waals surface area contributed by atoms with Crippen LogP contribution in [0.15, 0.2) is 78.9 Å². The highest BCUT2D eigenvalue weighted by Gasteiger charge is 2.26. The first-order valence-electron chi connectivity index (χ1n) is 9.39. The Morgan fingerprint density at radius 1 is 0.900 bits per heavy atom. The summed E-state index contributed by atoms with van der Waals surface area (Å²) in [7, 11) is 1.32. The lowest BCUT2D eigenvalue weighted by molar-refractivity contribution is 0.0594. The zero-order valence-corrected chi connectivity index (χ0v) is 16.3. The number of carbonyl (C=O) groups excluding carboxylic acids is 1. The van der Waals surface area contributed by atoms with Crippen LogP contribution in [-0.4, -0.2) is 33.1 Å². The van der Waals surface area contributed by atoms with E-state index in [9.17, 15) is 15.0 Å². The van der Waals surface area contributed by atoms with Crippen LogP contribution in [0.2, 0.25) is 0 Å². The number of nitrogens with zero attached hydrogens (tertiary/aromatic N) is 2. The maximum absolute atomic E-state index is 12.6. The third-order valence-corrected chi connectivity index (χ3v) is 4.82. The van der Waals surface area contributed by atoms with E-state index in [1.165, 1.54) is 19.2 Å². The molecular formula is C24H20N2O4. The van der Waals surface area contributed by atoms with Gasteiger partial charge in [0.1, 0.15) is 0 Å². The third kappa shape index (κ3) is 3.63. The van der Waals surface area contributed by atoms with Crippen molar-refractivity contribution in [2.75, 3.05) is 7.11 Å². The van der Waals surface area contributed by atoms with Gasteiger partial charge in [-0.1, -0.05) is 60.7 Å². The molecule has 0 amide bonds. The van der Waals surface area contributed by atoms with Gasteiger partial charge in [-0.05, 0) is 29.3 Å². The molecule has 0 atom stereocenters. The second-order valence-electron chi connectivity index (χ2n) is 6.78. The molecule has 0 fully saturated rings. The van der Waals surface area contributed by atoms with Crippen molar-refractivity contribution in [3.8, 4) is 33.9 Å². The lowest BCUT2D eigenvalue weighted by Crippen LogP contribution is -2.07. The minimum atomic E-state index is -0.551. The van der Waals surface area contributed by atoms with Crippen molar-refractivity contribution in [1.82, 2.24) is 9.78 Å². The molecule has 1 heterocycles. The van der Waals surface area contributed by atoms with Crippen molar-refractivity contribution >= 4 is 5.97 Å². The first-order valence-corrected chi connectivity index (χ1v) is 9.39. The fourth-order valence-electron chi connectivity index (χ4n) is 3.41. The second kappa shape index (κ2) is 8.13. The van der Waals surface area contributed by atoms with E-state index in [2.05, 4.69) is 5.10 Å². The molecule has 6 heteroatoms. The highest BCUT2D eigenvalue weighted by molar-refractivity contribution is 6.00. The summed E-state index contributed by atoms with van der Waals surface area (Å²) in [6.07, 6.45) is 0. The van der Waals surface area contributed by atoms with Crippen molar-refractivity contribution in [3.63, 3.8) is 0 Å². The standard InChI is InChI=1S/C24H20N2O4/c1-30-24(29)22-21(17-10-6-3-7-11-17)23(18-12-13-19(27)20(28)14-18)26(25-22)15-16-8-4-2-5-9-16/h2-14,27-28H,15H2,1H3. The van der Waals surface area contributed by atoms with E-state index >= 15 is 0 Å². The summed E-state index contributed by atoms with van der Waals surface area (Å²) in [5, 5.41) is 24.4. The van der Waals surface area contributed by atoms with Gasteiger partial charge in [0.2, 0.25) is 0 Å². The number of benzene rings is 3. The minimum Gasteiger partial charge on any atom is -0.504 e. The highest BCUT2D eigenvalue weighted by Crippen LogP contribution is 2.39. The van der Waals surface area contributed by atoms with Crippen molar-refractivity contribution in [3.05, 3.63) is 90.1 Å². The predicted octanol–water partition coefficient (Wildman–Crippen LogP) is 4.46. The summed E-state index contributed by atoms with van der Waals surface area (Å²) >= 11 is 0. The number of aromatic hydroxyl groups is 2. The van der Waals surface area contributed by atoms with Crippen LogP contribution in [0.1, 0.15) is 16.1 Å². The number of hydrogen-bond acceptors (Lipinski definition) is 5. The first kappa shape index (κ1) is 19.3. The number of phenolic OH excluding ortho intramolecular Hbond substituents is 2. The quantitative estimate of drug-likeness (QED) is 0.382. The Labute approximate surface area is 173 Å². The van der Waals surface area contributed by atoms with E-state index in [4.69, 9.17) is 4.74 Å². The molecule has 0 aliphatic carbocycles. The molecule has 6 nitrogen and oxygen atoms in total. The Kier molecular flexibility index (Phi) is 5.22. The van der Waals surface area contributed by atoms with Crippen LogP contribution in [0.25, 0.3) is 22.4 Å². The van der Waals surface area contributed by atoms with Crippen molar-refractivity contribution in [2.24, 2.45) is 0 Å². The van der Waals surface area contributed by atoms with Gasteiger partial charge in [0.25, 0.3) is 0 Å². The number of esters is 1. The molecule has 0 spiro atoms. The van der Waals surface area contributed by atoms with Gasteiger partial charge in [0, 0.05) is 11.1 Å². The molecule has 3 aromatic carbocycles. The average molecular weight is 400 g/mol. The molecule has 4 aromatic rings. The molecule has 0 aliphatic rings. The fraction of sp³-hybridized carbons (Fsp3) is 0.0833. The molecule has 0 bridgehead atoms. The molecule has 0 saturated heterocycles. The lowest BCUT2D eigenvalue weighted by atomic mass is 9.98. The molecule has 0 unspecified atom stereocenters. The highest BCUT2D eigenvalue weighted by atomic mass is 16.5. The normalized spacial score (nSPS) is 10.7. The first-order chi connectivity index (χ1) is 14.6. The van der Waals surface area contributed by atoms with Gasteiger partial charge in [-0.2, -0.15) is 5.10 Å². The molecule has 2 N–H and O–H groups in total. The number of hydrogen-bond donors (Lipinski definition) is 2. The summed E-state index contributed by atoms with van der Waals surface area (Å²) in [6.45, 7) is 0.411. The number of ether oxygens (including phenoxy) is 1. The second-order valence-corrected chi connectivity index (χ2v) is 6.78. The number of aromatic nitrogens is 2. The van der Waals surface area contributed by atoms with Crippen LogP contribution < -0.4 is 0 Å². The maximum Gasteiger partial charge on any atom is 0.359 e. The van der Waals surface area contributed by atoms with Crippen LogP contribution in [0.5, 0.6) is 11.5 Å². The smallest absolute Gasteiger partial charge is 0.359 e. The third-order valence-electron chi connectivity index (χ3n) is 4.82. The summed E-state index contributed by atoms with van der Waals surface area (Å²) in [5.74, 6) is -1.02. The lowest BCUT2D eigenvalue weighted by Gasteiger charge is -2.11. The Bertz CT molecular complexity index is 1180. The van der Waals surface area contributed by atoms with Gasteiger partial charge in [-0.25, -0.2) is 4.79 Å². The zero-order chi connectivity index (χ0) is 21.1. The minimum absolute atomic E-state index is 0.183. The van der Waals surface area contributed by atoms with E-state index < -0.39 is 5.97 Å². The van der Waals surface area contributed by atoms with Gasteiger partial charge in [0.15, 0.2) is 17.2 Å². The van der Waals surface area contributed by atoms with Crippen LogP contribution in [-0.2, 0) is 11.3 Å². The Hall–Kier alpha value is -4.06. The molecule has 0 radical (unpaired) electrons. The summed E-state index contributed by atoms with van der Waals surface area (Å²) in [6, 6.07) is 23.7. The Balaban J connectivity index is 2.00. The molecule has 4 rings (SSSR count). The molecule has 30 heavy (non-hydrogen) atoms. The van der Waals surface area contributed by atoms with Crippen molar-refractivity contribution in [2.45, 2.75) is 6.54 Å². The van der Waals surface area contributed by atoms with Crippen LogP contribution in [0.3, 0.4) is 0 Å². The summed E-state index contributed by atoms with van der Waals surface area (Å²) < 4.78 is 6.71. The molecule has 0 saturated carbocycles. The van der Waals surface area contributed by atoms with Gasteiger partial charge in [-0.15, -0.1) is 0 Å². The Morgan fingerprint density at radius 2 is 1.57 bits per heavy atom. The summed E-state index contributed by atoms with van der Waals surface area (Å²) in [4.78, 5) is 12.6. The van der Waals surface area contributed by atoms with Gasteiger partial charge < -0.3 is 14.9 Å². The van der Waals surface area contributed by atoms with Gasteiger partial charge >= 0.3 is 5.97 Å². The maximum atomic E-state index is 12.6. The number of methoxy groups -OCH3 is 1. The Morgan fingerprint density at radius 3 is 2.20 bits per heavy atom. The van der Waals surface area contributed by atoms with Gasteiger partial charge in [-0.3, -0.25) is 4.68 Å². The van der Waals surface area contributed by atoms with Crippen molar-refractivity contribution in [1.29, 1.82) is 0 Å². The molecule has 150 valence electrons. The van der Waals surface area contributed by atoms with E-state index in [1.807, 2.05) is 60.7 Å². The van der Waals surface area contributed by atoms with Crippen LogP contribution in [0, 0.1) is 0 Å². The molecule has 0 aliphatic heterocycles. The number of rotatable bonds is 5. The molecule has 1 aromatic heterocycles. The van der Waals surface area contributed by atoms with E-state index in [-0.39, 0.29) is 17.2 Å². The molecular weight excluding hydrogens is 380 g/mol. The number of carbonyl (C=O) groups is 1. The fourth-order valence-corrected chi connectivity index (χ4v) is 3.41. The topological polar surface area (TPSA) is 84.6 Å². The summed E-state index contributed by atoms with van der Waals surface area (Å²) in [5.41, 5.74) is 3.83. The predicted molar refractivity (Wildman–Crippen MR) is 113 cm³/mol. The van der Waals surface area contributed by atoms with E-state index in [0.29, 0.717) is 23.4 Å². The van der Waals surface area contributed by atoms with E-state index in [0.717, 1.165) is 11.1 Å². The van der Waals surface area contributed by atoms with Crippen molar-refractivity contribution < 1.29 is 19.7 Å². The monoisotopic (exact) mass is 400 g/mol. The van der Waals surface area contributed by atoms with E-state index in [1.54, 1.807) is 10.7 Å². The van der Waals surface area contributed by atoms with Crippen LogP contribution >= 0.6 is 0 Å². The largest absolute Gasteiger partial charge is 0.504 e. The zero-order valence-electron chi connectivity index (χ0n) is 16.3. The average Bonchev–Trinajstić information content (AvgIpc) is 3.15. The van der Waals surface area contributed by atoms with Gasteiger partial charge in [0.05, 0.1) is 19.3 Å².